The number of carbonyl (C=O) groups is 1. The fourth-order valence-electron chi connectivity index (χ4n) is 3.09. The zero-order valence-corrected chi connectivity index (χ0v) is 16.1. The van der Waals surface area contributed by atoms with Gasteiger partial charge in [-0.05, 0) is 24.3 Å². The van der Waals surface area contributed by atoms with E-state index in [1.54, 1.807) is 0 Å². The van der Waals surface area contributed by atoms with Gasteiger partial charge in [0.1, 0.15) is 17.5 Å². The van der Waals surface area contributed by atoms with Crippen LogP contribution in [-0.2, 0) is 11.0 Å². The normalized spacial score (nSPS) is 16.8. The van der Waals surface area contributed by atoms with E-state index in [0.29, 0.717) is 0 Å². The Bertz CT molecular complexity index is 996. The Hall–Kier alpha value is -3.01. The van der Waals surface area contributed by atoms with E-state index in [2.05, 4.69) is 0 Å². The highest BCUT2D eigenvalue weighted by Crippen LogP contribution is 2.41. The van der Waals surface area contributed by atoms with Crippen molar-refractivity contribution in [2.24, 2.45) is 5.73 Å². The van der Waals surface area contributed by atoms with Crippen molar-refractivity contribution in [1.82, 2.24) is 5.01 Å². The van der Waals surface area contributed by atoms with E-state index in [-0.39, 0.29) is 22.0 Å². The highest BCUT2D eigenvalue weighted by Gasteiger charge is 2.41. The molecular formula is C19H15ClF5N3O2. The predicted molar refractivity (Wildman–Crippen MR) is 100 cm³/mol. The van der Waals surface area contributed by atoms with Crippen molar-refractivity contribution < 1.29 is 31.5 Å². The van der Waals surface area contributed by atoms with Gasteiger partial charge in [-0.25, -0.2) is 8.78 Å². The number of amides is 1. The molecule has 0 fully saturated rings. The van der Waals surface area contributed by atoms with Gasteiger partial charge in [0, 0.05) is 19.3 Å². The number of nitrogens with zero attached hydrogens (tertiary/aromatic N) is 2. The van der Waals surface area contributed by atoms with Gasteiger partial charge in [0.05, 0.1) is 21.8 Å². The van der Waals surface area contributed by atoms with Crippen molar-refractivity contribution in [2.75, 3.05) is 12.1 Å². The number of rotatable bonds is 5. The second kappa shape index (κ2) is 8.02. The number of para-hydroxylation sites is 1. The zero-order chi connectivity index (χ0) is 22.2. The predicted octanol–water partition coefficient (Wildman–Crippen LogP) is 4.82. The maximum atomic E-state index is 13.6. The number of benzene rings is 2. The molecule has 1 aliphatic rings. The minimum absolute atomic E-state index is 0.0287. The monoisotopic (exact) mass is 447 g/mol. The fourth-order valence-corrected chi connectivity index (χ4v) is 3.35. The van der Waals surface area contributed by atoms with Crippen LogP contribution in [0.4, 0.5) is 27.6 Å². The Kier molecular flexibility index (Phi) is 5.80. The molecule has 160 valence electrons. The van der Waals surface area contributed by atoms with Crippen molar-refractivity contribution >= 4 is 23.2 Å². The van der Waals surface area contributed by atoms with Gasteiger partial charge in [0.2, 0.25) is 5.91 Å². The number of hydrogen-bond donors (Lipinski definition) is 1. The highest BCUT2D eigenvalue weighted by atomic mass is 35.5. The minimum atomic E-state index is -4.63. The summed E-state index contributed by atoms with van der Waals surface area (Å²) < 4.78 is 72.0. The van der Waals surface area contributed by atoms with Crippen molar-refractivity contribution in [3.05, 3.63) is 64.8 Å². The van der Waals surface area contributed by atoms with Gasteiger partial charge in [-0.3, -0.25) is 14.8 Å². The molecule has 30 heavy (non-hydrogen) atoms. The van der Waals surface area contributed by atoms with Crippen LogP contribution in [0.5, 0.6) is 11.5 Å². The molecule has 2 aromatic rings. The summed E-state index contributed by atoms with van der Waals surface area (Å²) in [6.45, 7) is 0. The molecule has 2 N–H and O–H groups in total. The molecule has 11 heteroatoms. The van der Waals surface area contributed by atoms with E-state index in [1.807, 2.05) is 0 Å². The van der Waals surface area contributed by atoms with Gasteiger partial charge in [-0.2, -0.15) is 13.2 Å². The number of halogens is 6. The summed E-state index contributed by atoms with van der Waals surface area (Å²) in [5.41, 5.74) is 4.00. The van der Waals surface area contributed by atoms with Crippen LogP contribution in [0.3, 0.4) is 0 Å². The van der Waals surface area contributed by atoms with E-state index in [9.17, 15) is 26.7 Å². The van der Waals surface area contributed by atoms with Crippen LogP contribution in [0.25, 0.3) is 0 Å². The molecule has 5 nitrogen and oxygen atoms in total. The van der Waals surface area contributed by atoms with E-state index >= 15 is 0 Å². The van der Waals surface area contributed by atoms with Gasteiger partial charge in [0.15, 0.2) is 0 Å². The third-order valence-electron chi connectivity index (χ3n) is 4.36. The molecule has 0 saturated heterocycles. The third-order valence-corrected chi connectivity index (χ3v) is 4.66. The standard InChI is InChI=1S/C19H15ClF5N3O2/c1-27-9-11(18(26)29)16(17(21)22)28(27)14-7-6-10(8-13(14)20)30-15-5-3-2-4-12(15)19(23,24)25/h2-9,16-17H,1H3,(H2,26,29). The van der Waals surface area contributed by atoms with E-state index in [4.69, 9.17) is 22.1 Å². The van der Waals surface area contributed by atoms with Crippen LogP contribution in [0, 0.1) is 0 Å². The van der Waals surface area contributed by atoms with E-state index in [1.165, 1.54) is 48.6 Å². The largest absolute Gasteiger partial charge is 0.457 e. The van der Waals surface area contributed by atoms with Crippen molar-refractivity contribution in [3.8, 4) is 11.5 Å². The lowest BCUT2D eigenvalue weighted by Gasteiger charge is -2.33. The number of nitrogens with two attached hydrogens (primary N) is 1. The van der Waals surface area contributed by atoms with E-state index in [0.717, 1.165) is 17.1 Å². The molecule has 1 heterocycles. The molecule has 2 aromatic carbocycles. The van der Waals surface area contributed by atoms with Crippen molar-refractivity contribution in [2.45, 2.75) is 18.6 Å². The lowest BCUT2D eigenvalue weighted by Crippen LogP contribution is -2.45. The van der Waals surface area contributed by atoms with Crippen LogP contribution in [0.1, 0.15) is 5.56 Å². The summed E-state index contributed by atoms with van der Waals surface area (Å²) in [4.78, 5) is 11.5. The molecule has 3 rings (SSSR count). The topological polar surface area (TPSA) is 58.8 Å². The Labute approximate surface area is 173 Å². The van der Waals surface area contributed by atoms with Gasteiger partial charge >= 0.3 is 6.18 Å². The molecule has 1 aliphatic heterocycles. The van der Waals surface area contributed by atoms with Crippen molar-refractivity contribution in [3.63, 3.8) is 0 Å². The molecule has 0 radical (unpaired) electrons. The summed E-state index contributed by atoms with van der Waals surface area (Å²) in [6.07, 6.45) is -6.42. The zero-order valence-electron chi connectivity index (χ0n) is 15.3. The van der Waals surface area contributed by atoms with Crippen LogP contribution >= 0.6 is 11.6 Å². The molecule has 1 unspecified atom stereocenters. The first-order chi connectivity index (χ1) is 14.0. The maximum Gasteiger partial charge on any atom is 0.419 e. The lowest BCUT2D eigenvalue weighted by atomic mass is 10.1. The first-order valence-electron chi connectivity index (χ1n) is 8.46. The van der Waals surface area contributed by atoms with Gasteiger partial charge < -0.3 is 10.5 Å². The molecule has 0 spiro atoms. The Balaban J connectivity index is 1.93. The maximum absolute atomic E-state index is 13.6. The second-order valence-corrected chi connectivity index (χ2v) is 6.76. The molecule has 1 atom stereocenters. The second-order valence-electron chi connectivity index (χ2n) is 6.36. The smallest absolute Gasteiger partial charge is 0.419 e. The average molecular weight is 448 g/mol. The van der Waals surface area contributed by atoms with Gasteiger partial charge in [0.25, 0.3) is 6.43 Å². The quantitative estimate of drug-likeness (QED) is 0.668. The third kappa shape index (κ3) is 4.13. The Morgan fingerprint density at radius 2 is 1.87 bits per heavy atom. The Morgan fingerprint density at radius 3 is 2.43 bits per heavy atom. The van der Waals surface area contributed by atoms with Crippen LogP contribution in [0.15, 0.2) is 54.2 Å². The van der Waals surface area contributed by atoms with Crippen LogP contribution < -0.4 is 15.5 Å². The molecule has 0 aliphatic carbocycles. The number of ether oxygens (including phenoxy) is 1. The first-order valence-corrected chi connectivity index (χ1v) is 8.83. The first kappa shape index (κ1) is 21.7. The molecular weight excluding hydrogens is 433 g/mol. The summed E-state index contributed by atoms with van der Waals surface area (Å²) in [6, 6.07) is 6.74. The average Bonchev–Trinajstić information content (AvgIpc) is 2.99. The minimum Gasteiger partial charge on any atom is -0.457 e. The summed E-state index contributed by atoms with van der Waals surface area (Å²) >= 11 is 6.21. The van der Waals surface area contributed by atoms with Gasteiger partial charge in [-0.1, -0.05) is 23.7 Å². The Morgan fingerprint density at radius 1 is 1.20 bits per heavy atom. The molecule has 0 aromatic heterocycles. The van der Waals surface area contributed by atoms with Gasteiger partial charge in [-0.15, -0.1) is 0 Å². The van der Waals surface area contributed by atoms with Crippen LogP contribution in [-0.4, -0.2) is 30.4 Å². The number of hydrazine groups is 1. The highest BCUT2D eigenvalue weighted by molar-refractivity contribution is 6.33. The number of hydrogen-bond acceptors (Lipinski definition) is 4. The lowest BCUT2D eigenvalue weighted by molar-refractivity contribution is -0.138. The summed E-state index contributed by atoms with van der Waals surface area (Å²) in [5, 5.41) is 2.23. The van der Waals surface area contributed by atoms with Crippen LogP contribution in [0.2, 0.25) is 5.02 Å². The van der Waals surface area contributed by atoms with Crippen molar-refractivity contribution in [1.29, 1.82) is 0 Å². The summed E-state index contributed by atoms with van der Waals surface area (Å²) in [7, 11) is 1.42. The molecule has 0 saturated carbocycles. The fraction of sp³-hybridized carbons (Fsp3) is 0.211. The number of anilines is 1. The number of primary amides is 1. The number of alkyl halides is 5. The number of carbonyl (C=O) groups excluding carboxylic acids is 1. The van der Waals surface area contributed by atoms with E-state index < -0.39 is 35.9 Å². The summed E-state index contributed by atoms with van der Waals surface area (Å²) in [5.74, 6) is -1.47. The molecule has 0 bridgehead atoms. The SMILES string of the molecule is CN1C=C(C(N)=O)C(C(F)F)N1c1ccc(Oc2ccccc2C(F)(F)F)cc1Cl. The molecule has 1 amide bonds.